The highest BCUT2D eigenvalue weighted by Gasteiger charge is 2.12. The van der Waals surface area contributed by atoms with Gasteiger partial charge in [0.1, 0.15) is 12.2 Å². The van der Waals surface area contributed by atoms with Crippen molar-refractivity contribution in [3.63, 3.8) is 0 Å². The van der Waals surface area contributed by atoms with Crippen LogP contribution in [-0.2, 0) is 11.5 Å². The van der Waals surface area contributed by atoms with Crippen LogP contribution in [0.5, 0.6) is 0 Å². The van der Waals surface area contributed by atoms with Gasteiger partial charge in [0.15, 0.2) is 10.3 Å². The third-order valence-corrected chi connectivity index (χ3v) is 3.59. The van der Waals surface area contributed by atoms with E-state index in [1.165, 1.54) is 0 Å². The van der Waals surface area contributed by atoms with Gasteiger partial charge in [-0.05, 0) is 18.7 Å². The SMILES string of the molecule is CCCCOCn1c(SC)nc2c(Cl)nccc21. The number of aromatic nitrogens is 3. The van der Waals surface area contributed by atoms with Crippen LogP contribution in [-0.4, -0.2) is 27.4 Å². The largest absolute Gasteiger partial charge is 0.361 e. The number of thioether (sulfide) groups is 1. The normalized spacial score (nSPS) is 11.3. The second-order valence-corrected chi connectivity index (χ2v) is 5.02. The first kappa shape index (κ1) is 13.6. The summed E-state index contributed by atoms with van der Waals surface area (Å²) < 4.78 is 7.69. The highest BCUT2D eigenvalue weighted by molar-refractivity contribution is 7.98. The van der Waals surface area contributed by atoms with E-state index in [0.717, 1.165) is 35.6 Å². The maximum absolute atomic E-state index is 6.05. The molecular weight excluding hydrogens is 270 g/mol. The minimum absolute atomic E-state index is 0.440. The predicted molar refractivity (Wildman–Crippen MR) is 75.2 cm³/mol. The molecule has 0 aliphatic rings. The van der Waals surface area contributed by atoms with Crippen molar-refractivity contribution in [1.82, 2.24) is 14.5 Å². The molecule has 0 fully saturated rings. The molecular formula is C12H16ClN3OS. The minimum Gasteiger partial charge on any atom is -0.361 e. The molecule has 18 heavy (non-hydrogen) atoms. The molecule has 0 amide bonds. The van der Waals surface area contributed by atoms with E-state index in [9.17, 15) is 0 Å². The Morgan fingerprint density at radius 3 is 3.06 bits per heavy atom. The number of pyridine rings is 1. The minimum atomic E-state index is 0.440. The van der Waals surface area contributed by atoms with E-state index in [1.807, 2.05) is 16.9 Å². The van der Waals surface area contributed by atoms with Gasteiger partial charge in [-0.15, -0.1) is 0 Å². The van der Waals surface area contributed by atoms with Crippen LogP contribution in [0.3, 0.4) is 0 Å². The molecule has 2 aromatic heterocycles. The van der Waals surface area contributed by atoms with Crippen LogP contribution >= 0.6 is 23.4 Å². The molecule has 0 saturated carbocycles. The Kier molecular flexibility index (Phi) is 4.86. The molecule has 2 aromatic rings. The second-order valence-electron chi connectivity index (χ2n) is 3.89. The fourth-order valence-corrected chi connectivity index (χ4v) is 2.43. The lowest BCUT2D eigenvalue weighted by atomic mass is 10.4. The van der Waals surface area contributed by atoms with Gasteiger partial charge in [-0.1, -0.05) is 36.7 Å². The Hall–Kier alpha value is -0.780. The van der Waals surface area contributed by atoms with Crippen molar-refractivity contribution in [1.29, 1.82) is 0 Å². The van der Waals surface area contributed by atoms with Crippen LogP contribution in [0.1, 0.15) is 19.8 Å². The maximum atomic E-state index is 6.05. The van der Waals surface area contributed by atoms with Crippen LogP contribution in [0.2, 0.25) is 5.15 Å². The van der Waals surface area contributed by atoms with E-state index in [0.29, 0.717) is 11.9 Å². The Morgan fingerprint density at radius 2 is 2.33 bits per heavy atom. The fourth-order valence-electron chi connectivity index (χ4n) is 1.68. The van der Waals surface area contributed by atoms with Gasteiger partial charge in [0.05, 0.1) is 5.52 Å². The Balaban J connectivity index is 2.26. The maximum Gasteiger partial charge on any atom is 0.170 e. The molecule has 4 nitrogen and oxygen atoms in total. The third-order valence-electron chi connectivity index (χ3n) is 2.63. The standard InChI is InChI=1S/C12H16ClN3OS/c1-3-4-7-17-8-16-9-5-6-14-11(13)10(9)15-12(16)18-2/h5-6H,3-4,7-8H2,1-2H3. The van der Waals surface area contributed by atoms with Crippen LogP contribution in [0.4, 0.5) is 0 Å². The number of halogens is 1. The van der Waals surface area contributed by atoms with Crippen LogP contribution in [0.15, 0.2) is 17.4 Å². The average Bonchev–Trinajstić information content (AvgIpc) is 2.74. The number of rotatable bonds is 6. The molecule has 2 rings (SSSR count). The summed E-state index contributed by atoms with van der Waals surface area (Å²) in [6, 6.07) is 1.91. The van der Waals surface area contributed by atoms with E-state index >= 15 is 0 Å². The second kappa shape index (κ2) is 6.41. The van der Waals surface area contributed by atoms with Gasteiger partial charge in [-0.3, -0.25) is 4.57 Å². The highest BCUT2D eigenvalue weighted by Crippen LogP contribution is 2.26. The molecule has 0 aliphatic heterocycles. The smallest absolute Gasteiger partial charge is 0.170 e. The molecule has 98 valence electrons. The van der Waals surface area contributed by atoms with E-state index < -0.39 is 0 Å². The molecule has 0 radical (unpaired) electrons. The number of hydrogen-bond acceptors (Lipinski definition) is 4. The first-order chi connectivity index (χ1) is 8.77. The van der Waals surface area contributed by atoms with Gasteiger partial charge in [0.2, 0.25) is 0 Å². The molecule has 0 bridgehead atoms. The number of ether oxygens (including phenoxy) is 1. The quantitative estimate of drug-likeness (QED) is 0.462. The third kappa shape index (κ3) is 2.79. The lowest BCUT2D eigenvalue weighted by molar-refractivity contribution is 0.0721. The lowest BCUT2D eigenvalue weighted by Gasteiger charge is -2.08. The fraction of sp³-hybridized carbons (Fsp3) is 0.500. The average molecular weight is 286 g/mol. The van der Waals surface area contributed by atoms with Crippen molar-refractivity contribution in [2.24, 2.45) is 0 Å². The van der Waals surface area contributed by atoms with Crippen molar-refractivity contribution in [3.8, 4) is 0 Å². The molecule has 0 aromatic carbocycles. The van der Waals surface area contributed by atoms with E-state index in [1.54, 1.807) is 18.0 Å². The predicted octanol–water partition coefficient (Wildman–Crippen LogP) is 3.58. The number of fused-ring (bicyclic) bond motifs is 1. The summed E-state index contributed by atoms with van der Waals surface area (Å²) >= 11 is 7.63. The summed E-state index contributed by atoms with van der Waals surface area (Å²) in [5.74, 6) is 0. The van der Waals surface area contributed by atoms with E-state index in [4.69, 9.17) is 16.3 Å². The number of unbranched alkanes of at least 4 members (excludes halogenated alkanes) is 1. The molecule has 0 atom stereocenters. The van der Waals surface area contributed by atoms with Crippen molar-refractivity contribution >= 4 is 34.4 Å². The zero-order chi connectivity index (χ0) is 13.0. The van der Waals surface area contributed by atoms with E-state index in [2.05, 4.69) is 16.9 Å². The van der Waals surface area contributed by atoms with Crippen LogP contribution in [0.25, 0.3) is 11.0 Å². The van der Waals surface area contributed by atoms with Gasteiger partial charge < -0.3 is 4.74 Å². The lowest BCUT2D eigenvalue weighted by Crippen LogP contribution is -2.04. The number of nitrogens with zero attached hydrogens (tertiary/aromatic N) is 3. The van der Waals surface area contributed by atoms with Crippen molar-refractivity contribution < 1.29 is 4.74 Å². The van der Waals surface area contributed by atoms with Gasteiger partial charge >= 0.3 is 0 Å². The highest BCUT2D eigenvalue weighted by atomic mass is 35.5. The molecule has 0 saturated heterocycles. The Labute approximate surface area is 116 Å². The summed E-state index contributed by atoms with van der Waals surface area (Å²) in [4.78, 5) is 8.53. The summed E-state index contributed by atoms with van der Waals surface area (Å²) in [6.45, 7) is 3.42. The molecule has 2 heterocycles. The first-order valence-corrected chi connectivity index (χ1v) is 7.50. The van der Waals surface area contributed by atoms with Crippen molar-refractivity contribution in [2.45, 2.75) is 31.7 Å². The van der Waals surface area contributed by atoms with Gasteiger partial charge in [0.25, 0.3) is 0 Å². The first-order valence-electron chi connectivity index (χ1n) is 5.90. The van der Waals surface area contributed by atoms with E-state index in [-0.39, 0.29) is 0 Å². The zero-order valence-corrected chi connectivity index (χ0v) is 12.1. The molecule has 6 heteroatoms. The molecule has 0 N–H and O–H groups in total. The summed E-state index contributed by atoms with van der Waals surface area (Å²) in [5.41, 5.74) is 1.71. The van der Waals surface area contributed by atoms with Crippen molar-refractivity contribution in [3.05, 3.63) is 17.4 Å². The molecule has 0 aliphatic carbocycles. The monoisotopic (exact) mass is 285 g/mol. The number of hydrogen-bond donors (Lipinski definition) is 0. The number of imidazole rings is 1. The molecule has 0 unspecified atom stereocenters. The van der Waals surface area contributed by atoms with Crippen molar-refractivity contribution in [2.75, 3.05) is 12.9 Å². The van der Waals surface area contributed by atoms with Crippen LogP contribution in [0, 0.1) is 0 Å². The summed E-state index contributed by atoms with van der Waals surface area (Å²) in [6.07, 6.45) is 5.89. The van der Waals surface area contributed by atoms with Crippen LogP contribution < -0.4 is 0 Å². The summed E-state index contributed by atoms with van der Waals surface area (Å²) in [7, 11) is 0. The van der Waals surface area contributed by atoms with Gasteiger partial charge in [0, 0.05) is 12.8 Å². The van der Waals surface area contributed by atoms with Gasteiger partial charge in [-0.2, -0.15) is 0 Å². The topological polar surface area (TPSA) is 39.9 Å². The Bertz CT molecular complexity index is 529. The Morgan fingerprint density at radius 1 is 1.50 bits per heavy atom. The zero-order valence-electron chi connectivity index (χ0n) is 10.5. The summed E-state index contributed by atoms with van der Waals surface area (Å²) in [5, 5.41) is 1.34. The van der Waals surface area contributed by atoms with Gasteiger partial charge in [-0.25, -0.2) is 9.97 Å². The molecule has 0 spiro atoms.